The highest BCUT2D eigenvalue weighted by atomic mass is 19.1. The predicted octanol–water partition coefficient (Wildman–Crippen LogP) is 2.64. The monoisotopic (exact) mass is 297 g/mol. The first-order chi connectivity index (χ1) is 10.1. The van der Waals surface area contributed by atoms with E-state index in [-0.39, 0.29) is 11.7 Å². The van der Waals surface area contributed by atoms with Crippen molar-refractivity contribution in [1.29, 1.82) is 0 Å². The molecule has 2 aliphatic rings. The van der Waals surface area contributed by atoms with Gasteiger partial charge in [0.25, 0.3) is 0 Å². The Morgan fingerprint density at radius 1 is 1.29 bits per heavy atom. The Bertz CT molecular complexity index is 495. The average Bonchev–Trinajstić information content (AvgIpc) is 2.50. The molecule has 1 aromatic carbocycles. The summed E-state index contributed by atoms with van der Waals surface area (Å²) in [6, 6.07) is 3.51. The third-order valence-electron chi connectivity index (χ3n) is 4.57. The molecular formula is C16H21F2NO2. The standard InChI is InChI=1S/C16H21F2NO2/c17-11-5-6-13(18)12(9-11)15(20)10-19-7-8-21-16-4-2-1-3-14(16)19/h5-6,9,14-16,20H,1-4,7-8,10H2/t14-,15+,16-/m0/s1. The molecule has 0 aromatic heterocycles. The maximum absolute atomic E-state index is 13.7. The summed E-state index contributed by atoms with van der Waals surface area (Å²) in [5.74, 6) is -1.08. The summed E-state index contributed by atoms with van der Waals surface area (Å²) < 4.78 is 32.8. The van der Waals surface area contributed by atoms with E-state index in [9.17, 15) is 13.9 Å². The molecule has 5 heteroatoms. The molecule has 0 spiro atoms. The second kappa shape index (κ2) is 6.38. The largest absolute Gasteiger partial charge is 0.387 e. The van der Waals surface area contributed by atoms with E-state index in [1.807, 2.05) is 0 Å². The van der Waals surface area contributed by atoms with E-state index < -0.39 is 17.7 Å². The highest BCUT2D eigenvalue weighted by Crippen LogP contribution is 2.30. The molecule has 21 heavy (non-hydrogen) atoms. The first kappa shape index (κ1) is 14.9. The lowest BCUT2D eigenvalue weighted by Gasteiger charge is -2.44. The number of aliphatic hydroxyl groups is 1. The Morgan fingerprint density at radius 3 is 2.95 bits per heavy atom. The molecule has 1 aliphatic carbocycles. The number of morpholine rings is 1. The Labute approximate surface area is 123 Å². The van der Waals surface area contributed by atoms with Crippen molar-refractivity contribution in [2.75, 3.05) is 19.7 Å². The molecule has 3 rings (SSSR count). The van der Waals surface area contributed by atoms with Crippen molar-refractivity contribution in [3.05, 3.63) is 35.4 Å². The SMILES string of the molecule is O[C@H](CN1CCO[C@H]2CCCC[C@@H]21)c1cc(F)ccc1F. The molecule has 3 atom stereocenters. The van der Waals surface area contributed by atoms with Gasteiger partial charge in [0.2, 0.25) is 0 Å². The molecule has 1 aliphatic heterocycles. The van der Waals surface area contributed by atoms with Gasteiger partial charge in [-0.2, -0.15) is 0 Å². The highest BCUT2D eigenvalue weighted by molar-refractivity contribution is 5.21. The molecule has 0 bridgehead atoms. The van der Waals surface area contributed by atoms with Gasteiger partial charge in [0, 0.05) is 24.7 Å². The summed E-state index contributed by atoms with van der Waals surface area (Å²) in [5.41, 5.74) is 0.0360. The molecule has 0 unspecified atom stereocenters. The van der Waals surface area contributed by atoms with Crippen LogP contribution in [0.15, 0.2) is 18.2 Å². The van der Waals surface area contributed by atoms with E-state index >= 15 is 0 Å². The average molecular weight is 297 g/mol. The number of halogens is 2. The quantitative estimate of drug-likeness (QED) is 0.931. The number of hydrogen-bond acceptors (Lipinski definition) is 3. The molecular weight excluding hydrogens is 276 g/mol. The van der Waals surface area contributed by atoms with Crippen molar-refractivity contribution in [1.82, 2.24) is 4.90 Å². The zero-order chi connectivity index (χ0) is 14.8. The van der Waals surface area contributed by atoms with Crippen LogP contribution in [-0.2, 0) is 4.74 Å². The van der Waals surface area contributed by atoms with Crippen LogP contribution in [0.25, 0.3) is 0 Å². The van der Waals surface area contributed by atoms with Crippen LogP contribution in [0.2, 0.25) is 0 Å². The molecule has 0 radical (unpaired) electrons. The van der Waals surface area contributed by atoms with Gasteiger partial charge in [-0.25, -0.2) is 8.78 Å². The lowest BCUT2D eigenvalue weighted by molar-refractivity contribution is -0.0976. The number of hydrogen-bond donors (Lipinski definition) is 1. The zero-order valence-electron chi connectivity index (χ0n) is 12.0. The van der Waals surface area contributed by atoms with E-state index in [0.717, 1.165) is 44.0 Å². The van der Waals surface area contributed by atoms with Gasteiger partial charge in [-0.1, -0.05) is 12.8 Å². The maximum Gasteiger partial charge on any atom is 0.129 e. The zero-order valence-corrected chi connectivity index (χ0v) is 12.0. The van der Waals surface area contributed by atoms with Gasteiger partial charge in [0.1, 0.15) is 11.6 Å². The smallest absolute Gasteiger partial charge is 0.129 e. The Balaban J connectivity index is 1.71. The molecule has 0 amide bonds. The number of benzene rings is 1. The van der Waals surface area contributed by atoms with Gasteiger partial charge in [0.05, 0.1) is 18.8 Å². The lowest BCUT2D eigenvalue weighted by Crippen LogP contribution is -2.53. The minimum Gasteiger partial charge on any atom is -0.387 e. The number of ether oxygens (including phenoxy) is 1. The molecule has 116 valence electrons. The van der Waals surface area contributed by atoms with Crippen molar-refractivity contribution in [3.8, 4) is 0 Å². The van der Waals surface area contributed by atoms with Gasteiger partial charge < -0.3 is 9.84 Å². The van der Waals surface area contributed by atoms with Crippen LogP contribution < -0.4 is 0 Å². The summed E-state index contributed by atoms with van der Waals surface area (Å²) in [4.78, 5) is 2.17. The second-order valence-electron chi connectivity index (χ2n) is 5.94. The number of aliphatic hydroxyl groups excluding tert-OH is 1. The van der Waals surface area contributed by atoms with Crippen LogP contribution in [0.4, 0.5) is 8.78 Å². The van der Waals surface area contributed by atoms with E-state index in [4.69, 9.17) is 4.74 Å². The molecule has 3 nitrogen and oxygen atoms in total. The summed E-state index contributed by atoms with van der Waals surface area (Å²) in [5, 5.41) is 10.3. The third kappa shape index (κ3) is 3.25. The van der Waals surface area contributed by atoms with Crippen LogP contribution in [0.3, 0.4) is 0 Å². The molecule has 1 saturated carbocycles. The summed E-state index contributed by atoms with van der Waals surface area (Å²) in [6.07, 6.45) is 3.63. The van der Waals surface area contributed by atoms with E-state index in [0.29, 0.717) is 19.2 Å². The van der Waals surface area contributed by atoms with E-state index in [2.05, 4.69) is 4.90 Å². The molecule has 1 N–H and O–H groups in total. The Morgan fingerprint density at radius 2 is 2.10 bits per heavy atom. The molecule has 1 heterocycles. The molecule has 2 fully saturated rings. The summed E-state index contributed by atoms with van der Waals surface area (Å²) in [6.45, 7) is 1.69. The minimum absolute atomic E-state index is 0.0360. The predicted molar refractivity (Wildman–Crippen MR) is 74.9 cm³/mol. The van der Waals surface area contributed by atoms with Gasteiger partial charge in [-0.15, -0.1) is 0 Å². The molecule has 1 saturated heterocycles. The van der Waals surface area contributed by atoms with Crippen LogP contribution in [0, 0.1) is 11.6 Å². The highest BCUT2D eigenvalue weighted by Gasteiger charge is 2.35. The number of β-amino-alcohol motifs (C(OH)–C–C–N with tert-alkyl or cyclic N) is 1. The minimum atomic E-state index is -1.01. The van der Waals surface area contributed by atoms with Crippen LogP contribution >= 0.6 is 0 Å². The van der Waals surface area contributed by atoms with Crippen molar-refractivity contribution in [3.63, 3.8) is 0 Å². The first-order valence-corrected chi connectivity index (χ1v) is 7.64. The Kier molecular flexibility index (Phi) is 4.52. The van der Waals surface area contributed by atoms with Gasteiger partial charge in [-0.05, 0) is 31.0 Å². The van der Waals surface area contributed by atoms with E-state index in [1.54, 1.807) is 0 Å². The van der Waals surface area contributed by atoms with Crippen molar-refractivity contribution in [2.45, 2.75) is 43.9 Å². The van der Waals surface area contributed by atoms with E-state index in [1.165, 1.54) is 6.42 Å². The van der Waals surface area contributed by atoms with Gasteiger partial charge in [0.15, 0.2) is 0 Å². The van der Waals surface area contributed by atoms with Crippen molar-refractivity contribution < 1.29 is 18.6 Å². The van der Waals surface area contributed by atoms with Gasteiger partial charge >= 0.3 is 0 Å². The maximum atomic E-state index is 13.7. The van der Waals surface area contributed by atoms with Gasteiger partial charge in [-0.3, -0.25) is 4.90 Å². The number of nitrogens with zero attached hydrogens (tertiary/aromatic N) is 1. The fourth-order valence-corrected chi connectivity index (χ4v) is 3.49. The number of fused-ring (bicyclic) bond motifs is 1. The van der Waals surface area contributed by atoms with Crippen molar-refractivity contribution in [2.24, 2.45) is 0 Å². The second-order valence-corrected chi connectivity index (χ2v) is 5.94. The topological polar surface area (TPSA) is 32.7 Å². The molecule has 1 aromatic rings. The first-order valence-electron chi connectivity index (χ1n) is 7.64. The normalized spacial score (nSPS) is 28.1. The number of rotatable bonds is 3. The van der Waals surface area contributed by atoms with Crippen LogP contribution in [-0.4, -0.2) is 41.8 Å². The Hall–Kier alpha value is -1.04. The van der Waals surface area contributed by atoms with Crippen LogP contribution in [0.1, 0.15) is 37.4 Å². The fourth-order valence-electron chi connectivity index (χ4n) is 3.49. The third-order valence-corrected chi connectivity index (χ3v) is 4.57. The summed E-state index contributed by atoms with van der Waals surface area (Å²) >= 11 is 0. The van der Waals surface area contributed by atoms with Crippen molar-refractivity contribution >= 4 is 0 Å². The van der Waals surface area contributed by atoms with Crippen LogP contribution in [0.5, 0.6) is 0 Å². The fraction of sp³-hybridized carbons (Fsp3) is 0.625. The summed E-state index contributed by atoms with van der Waals surface area (Å²) in [7, 11) is 0. The lowest BCUT2D eigenvalue weighted by atomic mass is 9.89.